The lowest BCUT2D eigenvalue weighted by atomic mass is 10.1. The number of benzene rings is 4. The van der Waals surface area contributed by atoms with Crippen LogP contribution in [0.3, 0.4) is 0 Å². The molecule has 2 amide bonds. The van der Waals surface area contributed by atoms with Crippen molar-refractivity contribution in [1.29, 1.82) is 0 Å². The van der Waals surface area contributed by atoms with Gasteiger partial charge in [-0.1, -0.05) is 35.3 Å². The molecule has 0 aliphatic rings. The van der Waals surface area contributed by atoms with E-state index in [0.29, 0.717) is 79.0 Å². The minimum atomic E-state index is -1.10. The van der Waals surface area contributed by atoms with Crippen LogP contribution in [0.1, 0.15) is 36.8 Å². The zero-order chi connectivity index (χ0) is 34.8. The summed E-state index contributed by atoms with van der Waals surface area (Å²) in [5.74, 6) is -1.14. The minimum absolute atomic E-state index is 0.106. The standard InChI is InChI=1S/C36H24Cl2N6O4S2/c37-20-4-1-6-26-28(20)19(16-49-26)34-41-22-14-17(32(39)45)8-10-24(22)43(34)12-3-13-44-25-11-9-18(33(40)46)15-23(25)42-35(44)30-29-21(38)5-2-7-27(29)50-31(30)36(47)48/h1-2,4-11,14-16H,3,12-13H2,(H2,39,45)(H2,40,46)(H,47,48). The highest BCUT2D eigenvalue weighted by molar-refractivity contribution is 7.21. The summed E-state index contributed by atoms with van der Waals surface area (Å²) in [4.78, 5) is 46.7. The number of primary amides is 2. The summed E-state index contributed by atoms with van der Waals surface area (Å²) in [5, 5.41) is 14.8. The number of thiophene rings is 2. The number of nitrogens with two attached hydrogens (primary N) is 2. The first kappa shape index (κ1) is 32.0. The second-order valence-corrected chi connectivity index (χ2v) is 14.4. The van der Waals surface area contributed by atoms with Crippen LogP contribution in [0.5, 0.6) is 0 Å². The second-order valence-electron chi connectivity index (χ2n) is 11.6. The summed E-state index contributed by atoms with van der Waals surface area (Å²) in [6, 6.07) is 21.3. The lowest BCUT2D eigenvalue weighted by Crippen LogP contribution is -2.11. The molecule has 50 heavy (non-hydrogen) atoms. The van der Waals surface area contributed by atoms with Gasteiger partial charge in [-0.3, -0.25) is 9.59 Å². The number of carbonyl (C=O) groups is 3. The number of carbonyl (C=O) groups excluding carboxylic acids is 2. The van der Waals surface area contributed by atoms with Gasteiger partial charge in [-0.2, -0.15) is 0 Å². The molecular formula is C36H24Cl2N6O4S2. The number of hydrogen-bond acceptors (Lipinski definition) is 7. The van der Waals surface area contributed by atoms with Crippen molar-refractivity contribution < 1.29 is 19.5 Å². The maximum absolute atomic E-state index is 12.6. The van der Waals surface area contributed by atoms with Crippen molar-refractivity contribution in [2.75, 3.05) is 0 Å². The lowest BCUT2D eigenvalue weighted by molar-refractivity contribution is 0.0702. The van der Waals surface area contributed by atoms with E-state index in [-0.39, 0.29) is 10.4 Å². The first-order chi connectivity index (χ1) is 24.1. The number of amides is 2. The van der Waals surface area contributed by atoms with Gasteiger partial charge >= 0.3 is 5.97 Å². The van der Waals surface area contributed by atoms with Gasteiger partial charge in [0.25, 0.3) is 0 Å². The first-order valence-electron chi connectivity index (χ1n) is 15.3. The van der Waals surface area contributed by atoms with Gasteiger partial charge < -0.3 is 25.7 Å². The van der Waals surface area contributed by atoms with Crippen LogP contribution in [0.15, 0.2) is 78.2 Å². The van der Waals surface area contributed by atoms with Gasteiger partial charge in [0.2, 0.25) is 11.8 Å². The Bertz CT molecular complexity index is 2730. The van der Waals surface area contributed by atoms with Gasteiger partial charge in [0, 0.05) is 60.4 Å². The molecule has 4 aromatic heterocycles. The molecule has 0 unspecified atom stereocenters. The summed E-state index contributed by atoms with van der Waals surface area (Å²) in [6.45, 7) is 0.894. The van der Waals surface area contributed by atoms with Crippen LogP contribution < -0.4 is 11.5 Å². The van der Waals surface area contributed by atoms with Gasteiger partial charge in [-0.05, 0) is 67.1 Å². The molecule has 0 spiro atoms. The molecule has 0 aliphatic heterocycles. The van der Waals surface area contributed by atoms with Crippen LogP contribution in [0.4, 0.5) is 0 Å². The summed E-state index contributed by atoms with van der Waals surface area (Å²) >= 11 is 16.1. The fraction of sp³-hybridized carbons (Fsp3) is 0.0833. The Hall–Kier alpha value is -5.27. The highest BCUT2D eigenvalue weighted by Crippen LogP contribution is 2.43. The highest BCUT2D eigenvalue weighted by atomic mass is 35.5. The van der Waals surface area contributed by atoms with Crippen molar-refractivity contribution in [3.8, 4) is 22.8 Å². The molecule has 10 nitrogen and oxygen atoms in total. The highest BCUT2D eigenvalue weighted by Gasteiger charge is 2.26. The summed E-state index contributed by atoms with van der Waals surface area (Å²) in [7, 11) is 0. The number of hydrogen-bond donors (Lipinski definition) is 3. The van der Waals surface area contributed by atoms with Crippen LogP contribution >= 0.6 is 45.9 Å². The summed E-state index contributed by atoms with van der Waals surface area (Å²) in [5.41, 5.74) is 15.7. The normalized spacial score (nSPS) is 11.7. The molecule has 0 bridgehead atoms. The maximum atomic E-state index is 12.6. The van der Waals surface area contributed by atoms with Gasteiger partial charge in [-0.25, -0.2) is 14.8 Å². The number of imidazole rings is 2. The number of nitrogens with zero attached hydrogens (tertiary/aromatic N) is 4. The van der Waals surface area contributed by atoms with Crippen molar-refractivity contribution in [3.05, 3.63) is 104 Å². The van der Waals surface area contributed by atoms with Crippen LogP contribution in [-0.4, -0.2) is 42.0 Å². The molecule has 0 fully saturated rings. The Kier molecular flexibility index (Phi) is 7.83. The molecular weight excluding hydrogens is 715 g/mol. The third-order valence-electron chi connectivity index (χ3n) is 8.70. The predicted octanol–water partition coefficient (Wildman–Crippen LogP) is 8.44. The van der Waals surface area contributed by atoms with E-state index in [1.54, 1.807) is 53.8 Å². The summed E-state index contributed by atoms with van der Waals surface area (Å²) in [6.07, 6.45) is 0.556. The number of aromatic nitrogens is 4. The fourth-order valence-corrected chi connectivity index (χ4v) is 9.17. The molecule has 14 heteroatoms. The van der Waals surface area contributed by atoms with E-state index < -0.39 is 17.8 Å². The Balaban J connectivity index is 1.27. The molecule has 4 heterocycles. The van der Waals surface area contributed by atoms with E-state index in [0.717, 1.165) is 32.5 Å². The largest absolute Gasteiger partial charge is 0.477 e. The molecule has 0 saturated heterocycles. The van der Waals surface area contributed by atoms with Crippen LogP contribution in [0, 0.1) is 0 Å². The zero-order valence-electron chi connectivity index (χ0n) is 25.8. The number of aryl methyl sites for hydroxylation is 2. The topological polar surface area (TPSA) is 159 Å². The fourth-order valence-electron chi connectivity index (χ4n) is 6.48. The Labute approximate surface area is 301 Å². The Morgan fingerprint density at radius 3 is 1.90 bits per heavy atom. The molecule has 8 rings (SSSR count). The molecule has 0 aliphatic carbocycles. The minimum Gasteiger partial charge on any atom is -0.477 e. The third kappa shape index (κ3) is 5.19. The first-order valence-corrected chi connectivity index (χ1v) is 17.8. The van der Waals surface area contributed by atoms with Crippen LogP contribution in [0.2, 0.25) is 10.0 Å². The third-order valence-corrected chi connectivity index (χ3v) is 11.4. The number of fused-ring (bicyclic) bond motifs is 4. The lowest BCUT2D eigenvalue weighted by Gasteiger charge is -2.13. The number of aromatic carboxylic acids is 1. The molecule has 8 aromatic rings. The molecule has 248 valence electrons. The second kappa shape index (κ2) is 12.3. The number of carboxylic acids is 1. The van der Waals surface area contributed by atoms with Gasteiger partial charge in [-0.15, -0.1) is 22.7 Å². The molecule has 0 atom stereocenters. The maximum Gasteiger partial charge on any atom is 0.346 e. The monoisotopic (exact) mass is 738 g/mol. The van der Waals surface area contributed by atoms with E-state index >= 15 is 0 Å². The number of rotatable bonds is 9. The van der Waals surface area contributed by atoms with Crippen molar-refractivity contribution in [1.82, 2.24) is 19.1 Å². The average molecular weight is 740 g/mol. The van der Waals surface area contributed by atoms with Crippen molar-refractivity contribution >= 4 is 106 Å². The Morgan fingerprint density at radius 2 is 1.30 bits per heavy atom. The van der Waals surface area contributed by atoms with Crippen molar-refractivity contribution in [2.24, 2.45) is 11.5 Å². The van der Waals surface area contributed by atoms with E-state index in [2.05, 4.69) is 4.57 Å². The van der Waals surface area contributed by atoms with Crippen LogP contribution in [-0.2, 0) is 13.1 Å². The zero-order valence-corrected chi connectivity index (χ0v) is 29.0. The van der Waals surface area contributed by atoms with E-state index in [4.69, 9.17) is 44.6 Å². The average Bonchev–Trinajstić information content (AvgIpc) is 3.86. The van der Waals surface area contributed by atoms with E-state index in [1.165, 1.54) is 0 Å². The molecule has 0 saturated carbocycles. The van der Waals surface area contributed by atoms with Gasteiger partial charge in [0.05, 0.1) is 32.7 Å². The number of halogens is 2. The summed E-state index contributed by atoms with van der Waals surface area (Å²) < 4.78 is 5.78. The quantitative estimate of drug-likeness (QED) is 0.135. The van der Waals surface area contributed by atoms with E-state index in [9.17, 15) is 19.5 Å². The molecule has 0 radical (unpaired) electrons. The smallest absolute Gasteiger partial charge is 0.346 e. The van der Waals surface area contributed by atoms with E-state index in [1.807, 2.05) is 40.3 Å². The van der Waals surface area contributed by atoms with Gasteiger partial charge in [0.1, 0.15) is 16.5 Å². The van der Waals surface area contributed by atoms with Gasteiger partial charge in [0.15, 0.2) is 0 Å². The SMILES string of the molecule is NC(=O)c1ccc2c(c1)nc(-c1csc3cccc(Cl)c13)n2CCCn1c(-c2c(C(=O)O)sc3cccc(Cl)c23)nc2cc(C(N)=O)ccc21. The Morgan fingerprint density at radius 1 is 0.740 bits per heavy atom. The van der Waals surface area contributed by atoms with Crippen molar-refractivity contribution in [2.45, 2.75) is 19.5 Å². The number of carboxylic acid groups (broad SMARTS) is 1. The molecule has 4 aromatic carbocycles. The predicted molar refractivity (Wildman–Crippen MR) is 200 cm³/mol. The van der Waals surface area contributed by atoms with Crippen molar-refractivity contribution in [3.63, 3.8) is 0 Å². The molecule has 5 N–H and O–H groups in total. The van der Waals surface area contributed by atoms with Crippen LogP contribution in [0.25, 0.3) is 65.0 Å².